The molecule has 0 fully saturated rings. The van der Waals surface area contributed by atoms with Crippen LogP contribution < -0.4 is 5.32 Å². The van der Waals surface area contributed by atoms with Gasteiger partial charge >= 0.3 is 6.09 Å². The maximum atomic E-state index is 11.2. The first-order valence-electron chi connectivity index (χ1n) is 6.40. The van der Waals surface area contributed by atoms with Crippen LogP contribution in [-0.4, -0.2) is 19.3 Å². The van der Waals surface area contributed by atoms with Crippen LogP contribution in [0, 0.1) is 0 Å². The predicted octanol–water partition coefficient (Wildman–Crippen LogP) is 3.40. The largest absolute Gasteiger partial charge is 0.453 e. The monoisotopic (exact) mass is 280 g/mol. The molecule has 104 valence electrons. The molecule has 1 amide bonds. The normalized spacial score (nSPS) is 11.1. The Morgan fingerprint density at radius 2 is 1.90 bits per heavy atom. The van der Waals surface area contributed by atoms with E-state index in [1.807, 2.05) is 30.3 Å². The van der Waals surface area contributed by atoms with Gasteiger partial charge in [0.25, 0.3) is 0 Å². The molecule has 5 nitrogen and oxygen atoms in total. The number of amides is 1. The Morgan fingerprint density at radius 3 is 2.62 bits per heavy atom. The quantitative estimate of drug-likeness (QED) is 0.577. The zero-order valence-electron chi connectivity index (χ0n) is 11.3. The number of fused-ring (bicyclic) bond motifs is 3. The summed E-state index contributed by atoms with van der Waals surface area (Å²) in [6.07, 6.45) is 1.79. The summed E-state index contributed by atoms with van der Waals surface area (Å²) in [6, 6.07) is 11.4. The average Bonchev–Trinajstić information content (AvgIpc) is 2.84. The number of methoxy groups -OCH3 is 1. The molecule has 0 heterocycles. The van der Waals surface area contributed by atoms with E-state index in [2.05, 4.69) is 15.0 Å². The van der Waals surface area contributed by atoms with Gasteiger partial charge in [-0.3, -0.25) is 5.32 Å². The van der Waals surface area contributed by atoms with Crippen LogP contribution in [-0.2, 0) is 16.0 Å². The molecule has 0 radical (unpaired) electrons. The van der Waals surface area contributed by atoms with Crippen LogP contribution in [0.5, 0.6) is 0 Å². The van der Waals surface area contributed by atoms with Gasteiger partial charge in [-0.25, -0.2) is 9.59 Å². The van der Waals surface area contributed by atoms with Gasteiger partial charge in [0.15, 0.2) is 0 Å². The third kappa shape index (κ3) is 2.42. The van der Waals surface area contributed by atoms with E-state index in [0.29, 0.717) is 11.4 Å². The maximum Gasteiger partial charge on any atom is 0.411 e. The molecule has 0 bridgehead atoms. The number of carbonyl (C=O) groups excluding carboxylic acids is 2. The van der Waals surface area contributed by atoms with Crippen LogP contribution in [0.2, 0.25) is 0 Å². The van der Waals surface area contributed by atoms with Crippen molar-refractivity contribution in [3.05, 3.63) is 47.5 Å². The van der Waals surface area contributed by atoms with Crippen LogP contribution in [0.25, 0.3) is 11.1 Å². The summed E-state index contributed by atoms with van der Waals surface area (Å²) in [7, 11) is 1.33. The van der Waals surface area contributed by atoms with Crippen molar-refractivity contribution >= 4 is 23.5 Å². The van der Waals surface area contributed by atoms with Gasteiger partial charge in [-0.1, -0.05) is 12.1 Å². The second kappa shape index (κ2) is 5.23. The van der Waals surface area contributed by atoms with Gasteiger partial charge in [0.1, 0.15) is 0 Å². The Balaban J connectivity index is 1.95. The topological polar surface area (TPSA) is 67.8 Å². The highest BCUT2D eigenvalue weighted by Gasteiger charge is 2.19. The minimum Gasteiger partial charge on any atom is -0.453 e. The summed E-state index contributed by atoms with van der Waals surface area (Å²) in [5.74, 6) is 0. The summed E-state index contributed by atoms with van der Waals surface area (Å²) in [4.78, 5) is 25.2. The van der Waals surface area contributed by atoms with E-state index in [1.54, 1.807) is 12.1 Å². The Hall–Kier alpha value is -2.91. The molecule has 21 heavy (non-hydrogen) atoms. The molecule has 5 heteroatoms. The number of isocyanates is 1. The molecule has 0 saturated heterocycles. The lowest BCUT2D eigenvalue weighted by Crippen LogP contribution is -2.10. The predicted molar refractivity (Wildman–Crippen MR) is 78.5 cm³/mol. The first-order valence-corrected chi connectivity index (χ1v) is 6.40. The third-order valence-electron chi connectivity index (χ3n) is 3.47. The number of aliphatic imine (C=N–C) groups is 1. The van der Waals surface area contributed by atoms with Crippen molar-refractivity contribution in [1.29, 1.82) is 0 Å². The number of nitrogens with zero attached hydrogens (tertiary/aromatic N) is 1. The summed E-state index contributed by atoms with van der Waals surface area (Å²) in [6.45, 7) is 0. The number of hydrogen-bond donors (Lipinski definition) is 1. The molecule has 0 aliphatic heterocycles. The second-order valence-electron chi connectivity index (χ2n) is 4.71. The third-order valence-corrected chi connectivity index (χ3v) is 3.47. The van der Waals surface area contributed by atoms with Gasteiger partial charge in [-0.15, -0.1) is 0 Å². The van der Waals surface area contributed by atoms with Crippen molar-refractivity contribution in [2.75, 3.05) is 12.4 Å². The zero-order chi connectivity index (χ0) is 14.8. The van der Waals surface area contributed by atoms with E-state index >= 15 is 0 Å². The van der Waals surface area contributed by atoms with Crippen molar-refractivity contribution in [3.8, 4) is 11.1 Å². The number of hydrogen-bond acceptors (Lipinski definition) is 4. The van der Waals surface area contributed by atoms with E-state index in [4.69, 9.17) is 0 Å². The van der Waals surface area contributed by atoms with Crippen molar-refractivity contribution < 1.29 is 14.3 Å². The van der Waals surface area contributed by atoms with Crippen LogP contribution in [0.15, 0.2) is 41.4 Å². The van der Waals surface area contributed by atoms with E-state index in [1.165, 1.54) is 7.11 Å². The fourth-order valence-corrected chi connectivity index (χ4v) is 2.57. The van der Waals surface area contributed by atoms with Gasteiger partial charge in [-0.2, -0.15) is 4.99 Å². The summed E-state index contributed by atoms with van der Waals surface area (Å²) in [5, 5.41) is 2.65. The molecule has 0 atom stereocenters. The van der Waals surface area contributed by atoms with E-state index < -0.39 is 6.09 Å². The molecule has 1 N–H and O–H groups in total. The Morgan fingerprint density at radius 1 is 1.19 bits per heavy atom. The number of anilines is 1. The zero-order valence-corrected chi connectivity index (χ0v) is 11.3. The first-order chi connectivity index (χ1) is 10.2. The van der Waals surface area contributed by atoms with Crippen molar-refractivity contribution in [3.63, 3.8) is 0 Å². The lowest BCUT2D eigenvalue weighted by Gasteiger charge is -2.06. The summed E-state index contributed by atoms with van der Waals surface area (Å²) in [5.41, 5.74) is 5.77. The fourth-order valence-electron chi connectivity index (χ4n) is 2.57. The highest BCUT2D eigenvalue weighted by molar-refractivity contribution is 5.87. The molecular formula is C16H12N2O3. The van der Waals surface area contributed by atoms with Crippen molar-refractivity contribution in [2.24, 2.45) is 4.99 Å². The smallest absolute Gasteiger partial charge is 0.411 e. The summed E-state index contributed by atoms with van der Waals surface area (Å²) < 4.78 is 4.58. The molecule has 2 aromatic carbocycles. The molecular weight excluding hydrogens is 268 g/mol. The SMILES string of the molecule is COC(=O)Nc1ccc2c(c1)Cc1cc(N=C=O)ccc1-2. The van der Waals surface area contributed by atoms with E-state index in [0.717, 1.165) is 28.7 Å². The van der Waals surface area contributed by atoms with Gasteiger partial charge in [0.05, 0.1) is 12.8 Å². The van der Waals surface area contributed by atoms with Crippen LogP contribution in [0.4, 0.5) is 16.2 Å². The molecule has 1 aliphatic carbocycles. The average molecular weight is 280 g/mol. The maximum absolute atomic E-state index is 11.2. The van der Waals surface area contributed by atoms with Gasteiger partial charge in [0, 0.05) is 5.69 Å². The van der Waals surface area contributed by atoms with Gasteiger partial charge < -0.3 is 4.74 Å². The second-order valence-corrected chi connectivity index (χ2v) is 4.71. The van der Waals surface area contributed by atoms with E-state index in [9.17, 15) is 9.59 Å². The highest BCUT2D eigenvalue weighted by atomic mass is 16.5. The number of carbonyl (C=O) groups is 1. The number of rotatable bonds is 2. The number of ether oxygens (including phenoxy) is 1. The molecule has 0 unspecified atom stereocenters. The van der Waals surface area contributed by atoms with Crippen LogP contribution in [0.1, 0.15) is 11.1 Å². The van der Waals surface area contributed by atoms with Crippen LogP contribution >= 0.6 is 0 Å². The molecule has 3 rings (SSSR count). The molecule has 0 saturated carbocycles. The highest BCUT2D eigenvalue weighted by Crippen LogP contribution is 2.39. The Kier molecular flexibility index (Phi) is 3.26. The first kappa shape index (κ1) is 13.1. The molecule has 2 aromatic rings. The lowest BCUT2D eigenvalue weighted by atomic mass is 10.1. The Bertz CT molecular complexity index is 777. The Labute approximate surface area is 121 Å². The van der Waals surface area contributed by atoms with Crippen LogP contribution in [0.3, 0.4) is 0 Å². The van der Waals surface area contributed by atoms with Crippen molar-refractivity contribution in [1.82, 2.24) is 0 Å². The van der Waals surface area contributed by atoms with Crippen molar-refractivity contribution in [2.45, 2.75) is 6.42 Å². The lowest BCUT2D eigenvalue weighted by molar-refractivity contribution is 0.187. The number of benzene rings is 2. The minimum absolute atomic E-state index is 0.493. The number of nitrogens with one attached hydrogen (secondary N) is 1. The molecule has 0 aromatic heterocycles. The fraction of sp³-hybridized carbons (Fsp3) is 0.125. The standard InChI is InChI=1S/C16H12N2O3/c1-21-16(20)18-13-3-5-15-11(8-13)6-10-7-12(17-9-19)2-4-14(10)15/h2-5,7-8H,6H2,1H3,(H,18,20). The molecule has 1 aliphatic rings. The molecule has 0 spiro atoms. The van der Waals surface area contributed by atoms with Gasteiger partial charge in [0.2, 0.25) is 6.08 Å². The minimum atomic E-state index is -0.493. The van der Waals surface area contributed by atoms with Gasteiger partial charge in [-0.05, 0) is 52.9 Å². The summed E-state index contributed by atoms with van der Waals surface area (Å²) >= 11 is 0. The van der Waals surface area contributed by atoms with E-state index in [-0.39, 0.29) is 0 Å².